The summed E-state index contributed by atoms with van der Waals surface area (Å²) in [5.74, 6) is 14.4. The monoisotopic (exact) mass is 672 g/mol. The summed E-state index contributed by atoms with van der Waals surface area (Å²) < 4.78 is 0. The summed E-state index contributed by atoms with van der Waals surface area (Å²) in [5, 5.41) is 7.04. The molecular formula is C52H48. The first kappa shape index (κ1) is 34.9. The molecule has 256 valence electrons. The molecule has 7 aromatic carbocycles. The van der Waals surface area contributed by atoms with E-state index >= 15 is 0 Å². The van der Waals surface area contributed by atoms with E-state index in [0.29, 0.717) is 0 Å². The molecular weight excluding hydrogens is 625 g/mol. The van der Waals surface area contributed by atoms with E-state index < -0.39 is 0 Å². The van der Waals surface area contributed by atoms with Gasteiger partial charge in [0, 0.05) is 22.3 Å². The molecule has 0 fully saturated rings. The van der Waals surface area contributed by atoms with Gasteiger partial charge in [-0.1, -0.05) is 173 Å². The lowest BCUT2D eigenvalue weighted by molar-refractivity contribution is 0.667. The highest BCUT2D eigenvalue weighted by molar-refractivity contribution is 6.11. The summed E-state index contributed by atoms with van der Waals surface area (Å²) in [7, 11) is 0. The number of benzene rings is 7. The van der Waals surface area contributed by atoms with Crippen LogP contribution < -0.4 is 0 Å². The van der Waals surface area contributed by atoms with Crippen LogP contribution in [0, 0.1) is 23.7 Å². The van der Waals surface area contributed by atoms with Crippen molar-refractivity contribution < 1.29 is 0 Å². The number of unbranched alkanes of at least 4 members (excludes halogenated alkanes) is 6. The van der Waals surface area contributed by atoms with E-state index in [1.807, 2.05) is 0 Å². The molecule has 0 atom stereocenters. The van der Waals surface area contributed by atoms with Crippen LogP contribution in [0.3, 0.4) is 0 Å². The zero-order chi connectivity index (χ0) is 35.5. The molecule has 0 bridgehead atoms. The lowest BCUT2D eigenvalue weighted by Crippen LogP contribution is -1.92. The van der Waals surface area contributed by atoms with E-state index in [9.17, 15) is 0 Å². The molecule has 0 nitrogen and oxygen atoms in total. The Morgan fingerprint density at radius 2 is 0.846 bits per heavy atom. The first-order valence-corrected chi connectivity index (χ1v) is 19.4. The highest BCUT2D eigenvalue weighted by Gasteiger charge is 2.13. The first-order chi connectivity index (χ1) is 25.7. The zero-order valence-electron chi connectivity index (χ0n) is 30.8. The number of aryl methyl sites for hydroxylation is 2. The second kappa shape index (κ2) is 17.1. The summed E-state index contributed by atoms with van der Waals surface area (Å²) in [4.78, 5) is 0. The quantitative estimate of drug-likeness (QED) is 0.0729. The number of fused-ring (bicyclic) bond motifs is 3. The molecule has 0 N–H and O–H groups in total. The van der Waals surface area contributed by atoms with Gasteiger partial charge in [-0.2, -0.15) is 0 Å². The van der Waals surface area contributed by atoms with Crippen molar-refractivity contribution in [1.82, 2.24) is 0 Å². The van der Waals surface area contributed by atoms with Crippen LogP contribution in [0.25, 0.3) is 43.4 Å². The van der Waals surface area contributed by atoms with Crippen LogP contribution in [0.4, 0.5) is 0 Å². The van der Waals surface area contributed by atoms with Crippen LogP contribution in [0.15, 0.2) is 133 Å². The molecule has 0 amide bonds. The van der Waals surface area contributed by atoms with Gasteiger partial charge < -0.3 is 0 Å². The minimum Gasteiger partial charge on any atom is -0.0654 e. The molecule has 0 radical (unpaired) electrons. The largest absolute Gasteiger partial charge is 0.0654 e. The van der Waals surface area contributed by atoms with Gasteiger partial charge in [0.1, 0.15) is 0 Å². The van der Waals surface area contributed by atoms with Crippen molar-refractivity contribution in [3.63, 3.8) is 0 Å². The van der Waals surface area contributed by atoms with Crippen molar-refractivity contribution in [3.8, 4) is 34.8 Å². The molecule has 7 rings (SSSR count). The van der Waals surface area contributed by atoms with Gasteiger partial charge in [0.2, 0.25) is 0 Å². The van der Waals surface area contributed by atoms with E-state index in [-0.39, 0.29) is 0 Å². The second-order valence-electron chi connectivity index (χ2n) is 14.1. The molecule has 0 aliphatic heterocycles. The van der Waals surface area contributed by atoms with Crippen molar-refractivity contribution in [1.29, 1.82) is 0 Å². The molecule has 0 aliphatic rings. The van der Waals surface area contributed by atoms with Crippen molar-refractivity contribution in [2.24, 2.45) is 0 Å². The van der Waals surface area contributed by atoms with Gasteiger partial charge in [-0.3, -0.25) is 0 Å². The minimum atomic E-state index is 1.04. The highest BCUT2D eigenvalue weighted by atomic mass is 14.2. The molecule has 0 saturated carbocycles. The molecule has 0 saturated heterocycles. The van der Waals surface area contributed by atoms with Crippen molar-refractivity contribution >= 4 is 32.3 Å². The summed E-state index contributed by atoms with van der Waals surface area (Å²) in [6, 6.07) is 48.5. The molecule has 0 aliphatic carbocycles. The third-order valence-electron chi connectivity index (χ3n) is 10.3. The maximum absolute atomic E-state index is 3.67. The minimum absolute atomic E-state index is 1.04. The fourth-order valence-corrected chi connectivity index (χ4v) is 7.29. The van der Waals surface area contributed by atoms with Crippen molar-refractivity contribution in [2.75, 3.05) is 0 Å². The number of hydrogen-bond donors (Lipinski definition) is 0. The average Bonchev–Trinajstić information content (AvgIpc) is 3.20. The Labute approximate surface area is 310 Å². The van der Waals surface area contributed by atoms with Gasteiger partial charge in [0.05, 0.1) is 0 Å². The number of rotatable bonds is 11. The Hall–Kier alpha value is -5.56. The van der Waals surface area contributed by atoms with Gasteiger partial charge in [0.15, 0.2) is 0 Å². The molecule has 52 heavy (non-hydrogen) atoms. The molecule has 0 spiro atoms. The van der Waals surface area contributed by atoms with Gasteiger partial charge in [-0.25, -0.2) is 0 Å². The van der Waals surface area contributed by atoms with E-state index in [1.165, 1.54) is 84.4 Å². The van der Waals surface area contributed by atoms with Crippen LogP contribution in [0.1, 0.15) is 98.6 Å². The lowest BCUT2D eigenvalue weighted by atomic mass is 9.89. The maximum atomic E-state index is 3.67. The van der Waals surface area contributed by atoms with Crippen molar-refractivity contribution in [2.45, 2.75) is 78.1 Å². The van der Waals surface area contributed by atoms with E-state index in [4.69, 9.17) is 0 Å². The number of hydrogen-bond acceptors (Lipinski definition) is 0. The first-order valence-electron chi connectivity index (χ1n) is 19.4. The summed E-state index contributed by atoms with van der Waals surface area (Å²) in [6.07, 6.45) is 12.5. The van der Waals surface area contributed by atoms with Crippen molar-refractivity contribution in [3.05, 3.63) is 167 Å². The summed E-state index contributed by atoms with van der Waals surface area (Å²) in [5.41, 5.74) is 9.34. The topological polar surface area (TPSA) is 0 Å². The second-order valence-corrected chi connectivity index (χ2v) is 14.1. The Kier molecular flexibility index (Phi) is 11.5. The van der Waals surface area contributed by atoms with Gasteiger partial charge >= 0.3 is 0 Å². The Morgan fingerprint density at radius 1 is 0.365 bits per heavy atom. The van der Waals surface area contributed by atoms with Crippen LogP contribution in [-0.2, 0) is 12.8 Å². The fraction of sp³-hybridized carbons (Fsp3) is 0.231. The Bertz CT molecular complexity index is 2420. The van der Waals surface area contributed by atoms with E-state index in [0.717, 1.165) is 56.6 Å². The molecule has 0 aromatic heterocycles. The molecule has 0 heterocycles. The Morgan fingerprint density at radius 3 is 1.42 bits per heavy atom. The average molecular weight is 673 g/mol. The smallest absolute Gasteiger partial charge is 0.0407 e. The van der Waals surface area contributed by atoms with Crippen LogP contribution in [-0.4, -0.2) is 0 Å². The fourth-order valence-electron chi connectivity index (χ4n) is 7.29. The predicted molar refractivity (Wildman–Crippen MR) is 225 cm³/mol. The third-order valence-corrected chi connectivity index (χ3v) is 10.3. The molecule has 7 aromatic rings. The molecule has 0 heteroatoms. The summed E-state index contributed by atoms with van der Waals surface area (Å²) in [6.45, 7) is 4.53. The normalized spacial score (nSPS) is 11.0. The van der Waals surface area contributed by atoms with Gasteiger partial charge in [-0.05, 0) is 117 Å². The van der Waals surface area contributed by atoms with Gasteiger partial charge in [0.25, 0.3) is 0 Å². The Balaban J connectivity index is 1.31. The van der Waals surface area contributed by atoms with Crippen LogP contribution in [0.5, 0.6) is 0 Å². The SMILES string of the molecule is CCCCCCc1ccc(C#Cc2c3ccccc3c(C#Cc3ccc(CCCCCC)cc3)c3cc(-c4ccc5ccccc5c4)ccc23)cc1. The van der Waals surface area contributed by atoms with Crippen LogP contribution in [0.2, 0.25) is 0 Å². The predicted octanol–water partition coefficient (Wildman–Crippen LogP) is 13.9. The van der Waals surface area contributed by atoms with E-state index in [2.05, 4.69) is 171 Å². The maximum Gasteiger partial charge on any atom is 0.0407 e. The zero-order valence-corrected chi connectivity index (χ0v) is 30.8. The highest BCUT2D eigenvalue weighted by Crippen LogP contribution is 2.36. The third kappa shape index (κ3) is 8.31. The van der Waals surface area contributed by atoms with E-state index in [1.54, 1.807) is 0 Å². The standard InChI is InChI=1S/C52H48/c1-3-5-7-9-15-39-21-25-41(26-22-39)29-34-49-47-19-13-14-20-48(47)50(35-30-42-27-23-40(24-28-42)16-10-8-6-4-2)52-38-46(33-36-51(49)52)45-32-31-43-17-11-12-18-44(43)37-45/h11-14,17-28,31-33,36-38H,3-10,15-16H2,1-2H3. The molecule has 0 unspecified atom stereocenters. The summed E-state index contributed by atoms with van der Waals surface area (Å²) >= 11 is 0. The van der Waals surface area contributed by atoms with Gasteiger partial charge in [-0.15, -0.1) is 0 Å². The lowest BCUT2D eigenvalue weighted by Gasteiger charge is -2.13. The van der Waals surface area contributed by atoms with Crippen LogP contribution >= 0.6 is 0 Å².